The molecule has 0 radical (unpaired) electrons. The number of hydrogen-bond acceptors (Lipinski definition) is 4. The molecule has 0 fully saturated rings. The van der Waals surface area contributed by atoms with Gasteiger partial charge in [0.2, 0.25) is 0 Å². The summed E-state index contributed by atoms with van der Waals surface area (Å²) in [6, 6.07) is 7.58. The van der Waals surface area contributed by atoms with Gasteiger partial charge in [-0.1, -0.05) is 17.3 Å². The Morgan fingerprint density at radius 1 is 1.38 bits per heavy atom. The van der Waals surface area contributed by atoms with Crippen LogP contribution in [0.1, 0.15) is 5.69 Å². The first-order valence-corrected chi connectivity index (χ1v) is 4.90. The molecule has 0 bridgehead atoms. The van der Waals surface area contributed by atoms with Gasteiger partial charge < -0.3 is 9.84 Å². The Morgan fingerprint density at radius 2 is 2.12 bits per heavy atom. The molecule has 1 aromatic carbocycles. The third-order valence-electron chi connectivity index (χ3n) is 2.41. The molecular formula is C11H13N3O2. The molecule has 2 rings (SSSR count). The van der Waals surface area contributed by atoms with Crippen molar-refractivity contribution < 1.29 is 9.84 Å². The van der Waals surface area contributed by atoms with Crippen LogP contribution < -0.4 is 4.74 Å². The van der Waals surface area contributed by atoms with Crippen molar-refractivity contribution in [1.82, 2.24) is 15.0 Å². The van der Waals surface area contributed by atoms with Crippen LogP contribution >= 0.6 is 0 Å². The van der Waals surface area contributed by atoms with Crippen molar-refractivity contribution in [2.45, 2.75) is 6.61 Å². The van der Waals surface area contributed by atoms with Gasteiger partial charge >= 0.3 is 0 Å². The second kappa shape index (κ2) is 4.32. The number of aromatic nitrogens is 3. The number of nitrogens with zero attached hydrogens (tertiary/aromatic N) is 3. The normalized spacial score (nSPS) is 10.4. The van der Waals surface area contributed by atoms with Gasteiger partial charge in [-0.3, -0.25) is 0 Å². The maximum Gasteiger partial charge on any atom is 0.128 e. The minimum absolute atomic E-state index is 0.138. The Hall–Kier alpha value is -1.88. The maximum atomic E-state index is 9.20. The number of methoxy groups -OCH3 is 1. The van der Waals surface area contributed by atoms with Gasteiger partial charge in [-0.25, -0.2) is 4.68 Å². The van der Waals surface area contributed by atoms with Gasteiger partial charge in [0.15, 0.2) is 0 Å². The number of benzene rings is 1. The molecule has 2 aromatic rings. The zero-order valence-electron chi connectivity index (χ0n) is 9.21. The van der Waals surface area contributed by atoms with E-state index in [1.165, 1.54) is 0 Å². The lowest BCUT2D eigenvalue weighted by molar-refractivity contribution is 0.277. The fourth-order valence-corrected chi connectivity index (χ4v) is 1.68. The van der Waals surface area contributed by atoms with Gasteiger partial charge in [-0.2, -0.15) is 0 Å². The third kappa shape index (κ3) is 1.65. The second-order valence-electron chi connectivity index (χ2n) is 3.37. The first-order chi connectivity index (χ1) is 7.77. The predicted octanol–water partition coefficient (Wildman–Crippen LogP) is 0.983. The molecule has 0 spiro atoms. The minimum Gasteiger partial charge on any atom is -0.496 e. The van der Waals surface area contributed by atoms with E-state index in [4.69, 9.17) is 4.74 Å². The average molecular weight is 219 g/mol. The number of para-hydroxylation sites is 1. The molecule has 0 aliphatic heterocycles. The molecule has 5 nitrogen and oxygen atoms in total. The van der Waals surface area contributed by atoms with E-state index in [0.29, 0.717) is 5.69 Å². The van der Waals surface area contributed by atoms with Crippen LogP contribution in [0, 0.1) is 0 Å². The molecule has 0 aliphatic rings. The van der Waals surface area contributed by atoms with E-state index in [1.807, 2.05) is 24.3 Å². The van der Waals surface area contributed by atoms with Crippen LogP contribution in [0.15, 0.2) is 24.3 Å². The van der Waals surface area contributed by atoms with Crippen molar-refractivity contribution in [3.63, 3.8) is 0 Å². The lowest BCUT2D eigenvalue weighted by atomic mass is 10.1. The van der Waals surface area contributed by atoms with Crippen molar-refractivity contribution in [2.75, 3.05) is 7.11 Å². The summed E-state index contributed by atoms with van der Waals surface area (Å²) in [4.78, 5) is 0. The summed E-state index contributed by atoms with van der Waals surface area (Å²) in [5.41, 5.74) is 2.20. The number of aryl methyl sites for hydroxylation is 1. The standard InChI is InChI=1S/C11H13N3O2/c1-14-11(9(7-15)12-13-14)8-5-3-4-6-10(8)16-2/h3-6,15H,7H2,1-2H3. The van der Waals surface area contributed by atoms with Crippen LogP contribution in [0.3, 0.4) is 0 Å². The molecule has 0 unspecified atom stereocenters. The lowest BCUT2D eigenvalue weighted by Crippen LogP contribution is -1.98. The molecule has 0 saturated carbocycles. The summed E-state index contributed by atoms with van der Waals surface area (Å²) in [5, 5.41) is 17.0. The molecule has 1 heterocycles. The molecule has 16 heavy (non-hydrogen) atoms. The van der Waals surface area contributed by atoms with E-state index in [9.17, 15) is 5.11 Å². The molecule has 1 N–H and O–H groups in total. The molecule has 5 heteroatoms. The van der Waals surface area contributed by atoms with Gasteiger partial charge in [0.05, 0.1) is 19.4 Å². The highest BCUT2D eigenvalue weighted by molar-refractivity contribution is 5.69. The Labute approximate surface area is 93.3 Å². The van der Waals surface area contributed by atoms with Crippen LogP contribution in [0.5, 0.6) is 5.75 Å². The van der Waals surface area contributed by atoms with Crippen molar-refractivity contribution in [3.8, 4) is 17.0 Å². The van der Waals surface area contributed by atoms with Crippen molar-refractivity contribution in [2.24, 2.45) is 7.05 Å². The van der Waals surface area contributed by atoms with E-state index >= 15 is 0 Å². The van der Waals surface area contributed by atoms with Gasteiger partial charge in [0.1, 0.15) is 11.4 Å². The fraction of sp³-hybridized carbons (Fsp3) is 0.273. The largest absolute Gasteiger partial charge is 0.496 e. The van der Waals surface area contributed by atoms with E-state index in [1.54, 1.807) is 18.8 Å². The topological polar surface area (TPSA) is 60.2 Å². The number of rotatable bonds is 3. The lowest BCUT2D eigenvalue weighted by Gasteiger charge is -2.08. The SMILES string of the molecule is COc1ccccc1-c1c(CO)nnn1C. The zero-order valence-corrected chi connectivity index (χ0v) is 9.21. The van der Waals surface area contributed by atoms with E-state index in [2.05, 4.69) is 10.3 Å². The van der Waals surface area contributed by atoms with E-state index < -0.39 is 0 Å². The summed E-state index contributed by atoms with van der Waals surface area (Å²) in [6.07, 6.45) is 0. The first kappa shape index (κ1) is 10.6. The molecule has 0 aliphatic carbocycles. The summed E-state index contributed by atoms with van der Waals surface area (Å²) in [5.74, 6) is 0.739. The number of aliphatic hydroxyl groups is 1. The van der Waals surface area contributed by atoms with Crippen LogP contribution in [-0.2, 0) is 13.7 Å². The van der Waals surface area contributed by atoms with Crippen LogP contribution in [0.25, 0.3) is 11.3 Å². The highest BCUT2D eigenvalue weighted by Crippen LogP contribution is 2.30. The zero-order chi connectivity index (χ0) is 11.5. The smallest absolute Gasteiger partial charge is 0.128 e. The highest BCUT2D eigenvalue weighted by Gasteiger charge is 2.15. The summed E-state index contributed by atoms with van der Waals surface area (Å²) in [7, 11) is 3.40. The predicted molar refractivity (Wildman–Crippen MR) is 58.9 cm³/mol. The van der Waals surface area contributed by atoms with E-state index in [-0.39, 0.29) is 6.61 Å². The number of aliphatic hydroxyl groups excluding tert-OH is 1. The summed E-state index contributed by atoms with van der Waals surface area (Å²) >= 11 is 0. The molecular weight excluding hydrogens is 206 g/mol. The molecule has 0 amide bonds. The Balaban J connectivity index is 2.61. The molecule has 84 valence electrons. The maximum absolute atomic E-state index is 9.20. The minimum atomic E-state index is -0.138. The molecule has 0 saturated heterocycles. The fourth-order valence-electron chi connectivity index (χ4n) is 1.68. The number of ether oxygens (including phenoxy) is 1. The van der Waals surface area contributed by atoms with Gasteiger partial charge in [-0.05, 0) is 12.1 Å². The average Bonchev–Trinajstić information content (AvgIpc) is 2.70. The third-order valence-corrected chi connectivity index (χ3v) is 2.41. The molecule has 1 aromatic heterocycles. The van der Waals surface area contributed by atoms with Crippen molar-refractivity contribution in [3.05, 3.63) is 30.0 Å². The Morgan fingerprint density at radius 3 is 2.81 bits per heavy atom. The van der Waals surface area contributed by atoms with Gasteiger partial charge in [0.25, 0.3) is 0 Å². The van der Waals surface area contributed by atoms with Crippen LogP contribution in [0.2, 0.25) is 0 Å². The summed E-state index contributed by atoms with van der Waals surface area (Å²) < 4.78 is 6.90. The van der Waals surface area contributed by atoms with Crippen molar-refractivity contribution in [1.29, 1.82) is 0 Å². The Bertz CT molecular complexity index is 494. The first-order valence-electron chi connectivity index (χ1n) is 4.90. The summed E-state index contributed by atoms with van der Waals surface area (Å²) in [6.45, 7) is -0.138. The second-order valence-corrected chi connectivity index (χ2v) is 3.37. The highest BCUT2D eigenvalue weighted by atomic mass is 16.5. The van der Waals surface area contributed by atoms with E-state index in [0.717, 1.165) is 17.0 Å². The quantitative estimate of drug-likeness (QED) is 0.836. The number of hydrogen-bond donors (Lipinski definition) is 1. The molecule has 0 atom stereocenters. The van der Waals surface area contributed by atoms with Crippen molar-refractivity contribution >= 4 is 0 Å². The van der Waals surface area contributed by atoms with Crippen LogP contribution in [-0.4, -0.2) is 27.2 Å². The monoisotopic (exact) mass is 219 g/mol. The van der Waals surface area contributed by atoms with Gasteiger partial charge in [0, 0.05) is 12.6 Å². The van der Waals surface area contributed by atoms with Gasteiger partial charge in [-0.15, -0.1) is 5.10 Å². The van der Waals surface area contributed by atoms with Crippen LogP contribution in [0.4, 0.5) is 0 Å². The Kier molecular flexibility index (Phi) is 2.87.